The molecular weight excluding hydrogens is 379 g/mol. The summed E-state index contributed by atoms with van der Waals surface area (Å²) >= 11 is 0. The lowest BCUT2D eigenvalue weighted by molar-refractivity contribution is -0.138. The lowest BCUT2D eigenvalue weighted by Crippen LogP contribution is -2.34. The zero-order valence-electron chi connectivity index (χ0n) is 14.2. The Bertz CT molecular complexity index is 739. The topological polar surface area (TPSA) is 97.6 Å². The van der Waals surface area contributed by atoms with Gasteiger partial charge in [-0.1, -0.05) is 0 Å². The van der Waals surface area contributed by atoms with Crippen LogP contribution in [0.3, 0.4) is 0 Å². The monoisotopic (exact) mass is 396 g/mol. The summed E-state index contributed by atoms with van der Waals surface area (Å²) in [6.07, 6.45) is -6.48. The van der Waals surface area contributed by atoms with Gasteiger partial charge >= 0.3 is 12.3 Å². The first-order chi connectivity index (χ1) is 12.4. The largest absolute Gasteiger partial charge is 0.428 e. The molecule has 1 aliphatic rings. The summed E-state index contributed by atoms with van der Waals surface area (Å²) in [5.74, 6) is -4.31. The second kappa shape index (κ2) is 7.53. The molecule has 1 fully saturated rings. The number of carbonyl (C=O) groups excluding carboxylic acids is 2. The molecule has 0 atom stereocenters. The summed E-state index contributed by atoms with van der Waals surface area (Å²) in [6, 6.07) is 0. The molecule has 0 aliphatic carbocycles. The van der Waals surface area contributed by atoms with Gasteiger partial charge in [-0.15, -0.1) is 0 Å². The van der Waals surface area contributed by atoms with Crippen molar-refractivity contribution >= 4 is 17.8 Å². The van der Waals surface area contributed by atoms with E-state index in [1.165, 1.54) is 4.90 Å². The van der Waals surface area contributed by atoms with Crippen molar-refractivity contribution in [2.24, 2.45) is 5.73 Å². The molecule has 2 heterocycles. The fourth-order valence-electron chi connectivity index (χ4n) is 2.81. The number of anilines is 1. The highest BCUT2D eigenvalue weighted by molar-refractivity contribution is 6.00. The Morgan fingerprint density at radius 2 is 1.96 bits per heavy atom. The fraction of sp³-hybridized carbons (Fsp3) is 0.533. The Labute approximate surface area is 150 Å². The number of hydrogen-bond donors (Lipinski definition) is 2. The zero-order valence-corrected chi connectivity index (χ0v) is 14.2. The first-order valence-corrected chi connectivity index (χ1v) is 7.88. The lowest BCUT2D eigenvalue weighted by atomic mass is 10.0. The van der Waals surface area contributed by atoms with E-state index in [1.54, 1.807) is 5.48 Å². The second-order valence-electron chi connectivity index (χ2n) is 6.04. The third-order valence-electron chi connectivity index (χ3n) is 4.11. The lowest BCUT2D eigenvalue weighted by Gasteiger charge is -2.26. The van der Waals surface area contributed by atoms with E-state index in [0.717, 1.165) is 6.92 Å². The van der Waals surface area contributed by atoms with Gasteiger partial charge in [-0.25, -0.2) is 18.6 Å². The number of rotatable bonds is 2. The molecule has 0 aromatic carbocycles. The van der Waals surface area contributed by atoms with Crippen LogP contribution in [0, 0.1) is 6.92 Å². The number of nitrogens with two attached hydrogens (primary N) is 1. The predicted octanol–water partition coefficient (Wildman–Crippen LogP) is 2.77. The van der Waals surface area contributed by atoms with Crippen molar-refractivity contribution in [3.8, 4) is 0 Å². The van der Waals surface area contributed by atoms with E-state index in [-0.39, 0.29) is 31.7 Å². The van der Waals surface area contributed by atoms with E-state index in [4.69, 9.17) is 5.73 Å². The summed E-state index contributed by atoms with van der Waals surface area (Å²) < 4.78 is 66.6. The molecule has 0 radical (unpaired) electrons. The summed E-state index contributed by atoms with van der Waals surface area (Å²) in [5.41, 5.74) is 4.18. The van der Waals surface area contributed by atoms with E-state index < -0.39 is 47.2 Å². The Balaban J connectivity index is 2.48. The van der Waals surface area contributed by atoms with Gasteiger partial charge in [0, 0.05) is 32.1 Å². The molecule has 1 aromatic heterocycles. The number of amides is 2. The maximum absolute atomic E-state index is 13.6. The van der Waals surface area contributed by atoms with Crippen molar-refractivity contribution in [2.75, 3.05) is 18.0 Å². The molecule has 12 heteroatoms. The molecule has 1 saturated heterocycles. The molecule has 0 bridgehead atoms. The van der Waals surface area contributed by atoms with Gasteiger partial charge in [-0.3, -0.25) is 4.79 Å². The quantitative estimate of drug-likeness (QED) is 0.592. The number of primary amides is 1. The van der Waals surface area contributed by atoms with Crippen LogP contribution >= 0.6 is 0 Å². The highest BCUT2D eigenvalue weighted by Gasteiger charge is 2.38. The molecule has 2 amide bonds. The highest BCUT2D eigenvalue weighted by atomic mass is 19.4. The maximum Gasteiger partial charge on any atom is 0.428 e. The van der Waals surface area contributed by atoms with Gasteiger partial charge in [0.1, 0.15) is 5.82 Å². The Morgan fingerprint density at radius 1 is 1.30 bits per heavy atom. The molecule has 0 spiro atoms. The number of pyridine rings is 1. The Hall–Kier alpha value is -2.66. The normalized spacial score (nSPS) is 17.2. The molecule has 150 valence electrons. The van der Waals surface area contributed by atoms with Crippen molar-refractivity contribution in [1.82, 2.24) is 10.5 Å². The van der Waals surface area contributed by atoms with Crippen LogP contribution in [0.5, 0.6) is 0 Å². The van der Waals surface area contributed by atoms with Crippen LogP contribution in [0.1, 0.15) is 40.7 Å². The van der Waals surface area contributed by atoms with Crippen LogP contribution in [0.2, 0.25) is 0 Å². The summed E-state index contributed by atoms with van der Waals surface area (Å²) in [7, 11) is 0. The van der Waals surface area contributed by atoms with Crippen molar-refractivity contribution < 1.29 is 36.4 Å². The molecule has 1 aliphatic heterocycles. The van der Waals surface area contributed by atoms with Crippen LogP contribution in [0.15, 0.2) is 6.20 Å². The van der Waals surface area contributed by atoms with E-state index >= 15 is 0 Å². The van der Waals surface area contributed by atoms with E-state index in [2.05, 4.69) is 9.82 Å². The number of carbonyl (C=O) groups is 2. The number of halogens is 5. The van der Waals surface area contributed by atoms with Crippen molar-refractivity contribution in [2.45, 2.75) is 38.3 Å². The minimum atomic E-state index is -4.79. The standard InChI is InChI=1S/C15H17F5N4O3/c1-8-9(15(18,19)20)7-22-11(10(8)12(25)23-27-13(21)26)24-5-2-3-14(16,17)4-6-24/h7H,2-6H2,1H3,(H2,21,26)(H,23,25). The SMILES string of the molecule is Cc1c(C(F)(F)F)cnc(N2CCCC(F)(F)CC2)c1C(=O)NOC(N)=O. The molecule has 1 aromatic rings. The number of hydrogen-bond acceptors (Lipinski definition) is 5. The van der Waals surface area contributed by atoms with Crippen LogP contribution in [0.25, 0.3) is 0 Å². The second-order valence-corrected chi connectivity index (χ2v) is 6.04. The van der Waals surface area contributed by atoms with E-state index in [1.807, 2.05) is 0 Å². The third kappa shape index (κ3) is 4.95. The maximum atomic E-state index is 13.6. The first-order valence-electron chi connectivity index (χ1n) is 7.88. The molecule has 27 heavy (non-hydrogen) atoms. The summed E-state index contributed by atoms with van der Waals surface area (Å²) in [5, 5.41) is 0. The predicted molar refractivity (Wildman–Crippen MR) is 83.1 cm³/mol. The van der Waals surface area contributed by atoms with Crippen LogP contribution in [0.4, 0.5) is 32.6 Å². The number of nitrogens with zero attached hydrogens (tertiary/aromatic N) is 2. The van der Waals surface area contributed by atoms with Gasteiger partial charge in [-0.2, -0.15) is 18.7 Å². The molecule has 3 N–H and O–H groups in total. The average Bonchev–Trinajstić information content (AvgIpc) is 2.71. The van der Waals surface area contributed by atoms with Gasteiger partial charge in [0.2, 0.25) is 5.92 Å². The van der Waals surface area contributed by atoms with Gasteiger partial charge in [0.15, 0.2) is 0 Å². The van der Waals surface area contributed by atoms with Crippen molar-refractivity contribution in [1.29, 1.82) is 0 Å². The first kappa shape index (κ1) is 20.6. The number of alkyl halides is 5. The molecule has 0 saturated carbocycles. The zero-order chi connectivity index (χ0) is 20.4. The van der Waals surface area contributed by atoms with Crippen molar-refractivity contribution in [3.05, 3.63) is 22.9 Å². The van der Waals surface area contributed by atoms with E-state index in [9.17, 15) is 31.5 Å². The summed E-state index contributed by atoms with van der Waals surface area (Å²) in [4.78, 5) is 32.1. The minimum absolute atomic E-state index is 0.0631. The Kier molecular flexibility index (Phi) is 5.76. The van der Waals surface area contributed by atoms with Crippen LogP contribution < -0.4 is 16.1 Å². The van der Waals surface area contributed by atoms with Gasteiger partial charge < -0.3 is 15.5 Å². The Morgan fingerprint density at radius 3 is 2.56 bits per heavy atom. The molecule has 7 nitrogen and oxygen atoms in total. The smallest absolute Gasteiger partial charge is 0.356 e. The van der Waals surface area contributed by atoms with Crippen molar-refractivity contribution in [3.63, 3.8) is 0 Å². The number of hydroxylamine groups is 1. The highest BCUT2D eigenvalue weighted by Crippen LogP contribution is 2.36. The minimum Gasteiger partial charge on any atom is -0.356 e. The average molecular weight is 396 g/mol. The fourth-order valence-corrected chi connectivity index (χ4v) is 2.81. The molecule has 2 rings (SSSR count). The number of aromatic nitrogens is 1. The molecule has 0 unspecified atom stereocenters. The van der Waals surface area contributed by atoms with E-state index in [0.29, 0.717) is 6.20 Å². The molecular formula is C15H17F5N4O3. The van der Waals surface area contributed by atoms with Gasteiger partial charge in [0.05, 0.1) is 11.1 Å². The van der Waals surface area contributed by atoms with Crippen LogP contribution in [-0.2, 0) is 11.0 Å². The van der Waals surface area contributed by atoms with Crippen LogP contribution in [-0.4, -0.2) is 36.0 Å². The van der Waals surface area contributed by atoms with Gasteiger partial charge in [0.25, 0.3) is 5.91 Å². The third-order valence-corrected chi connectivity index (χ3v) is 4.11. The number of nitrogens with one attached hydrogen (secondary N) is 1. The van der Waals surface area contributed by atoms with Gasteiger partial charge in [-0.05, 0) is 18.9 Å². The summed E-state index contributed by atoms with van der Waals surface area (Å²) in [6.45, 7) is 0.908.